The number of anilines is 1. The smallest absolute Gasteiger partial charge is 0.317 e. The number of nitrogens with one attached hydrogen (secondary N) is 1. The molecule has 1 aliphatic rings. The first kappa shape index (κ1) is 19.2. The summed E-state index contributed by atoms with van der Waals surface area (Å²) < 4.78 is 13.6. The van der Waals surface area contributed by atoms with Gasteiger partial charge in [0.25, 0.3) is 0 Å². The van der Waals surface area contributed by atoms with Crippen LogP contribution in [0.15, 0.2) is 48.5 Å². The first-order valence-electron chi connectivity index (χ1n) is 9.66. The third kappa shape index (κ3) is 4.79. The maximum atomic E-state index is 13.6. The Hall–Kier alpha value is -2.56. The van der Waals surface area contributed by atoms with Gasteiger partial charge in [0.2, 0.25) is 0 Å². The van der Waals surface area contributed by atoms with E-state index in [0.29, 0.717) is 37.5 Å². The monoisotopic (exact) mass is 369 g/mol. The second kappa shape index (κ2) is 8.89. The number of carbonyl (C=O) groups excluding carboxylic acids is 1. The van der Waals surface area contributed by atoms with Gasteiger partial charge in [-0.15, -0.1) is 0 Å². The molecular formula is C22H28FN3O. The van der Waals surface area contributed by atoms with E-state index >= 15 is 0 Å². The van der Waals surface area contributed by atoms with Crippen molar-refractivity contribution in [2.75, 3.05) is 37.6 Å². The second-order valence-corrected chi connectivity index (χ2v) is 7.26. The van der Waals surface area contributed by atoms with Crippen molar-refractivity contribution in [3.05, 3.63) is 65.5 Å². The Morgan fingerprint density at radius 2 is 1.70 bits per heavy atom. The number of piperazine rings is 1. The van der Waals surface area contributed by atoms with Crippen molar-refractivity contribution in [1.82, 2.24) is 10.2 Å². The molecule has 2 aromatic rings. The minimum Gasteiger partial charge on any atom is -0.368 e. The Balaban J connectivity index is 1.49. The number of halogens is 1. The van der Waals surface area contributed by atoms with E-state index < -0.39 is 0 Å². The Morgan fingerprint density at radius 3 is 2.41 bits per heavy atom. The highest BCUT2D eigenvalue weighted by molar-refractivity contribution is 5.74. The quantitative estimate of drug-likeness (QED) is 0.864. The molecule has 4 nitrogen and oxygen atoms in total. The minimum absolute atomic E-state index is 0.0665. The maximum absolute atomic E-state index is 13.6. The van der Waals surface area contributed by atoms with Crippen molar-refractivity contribution in [3.63, 3.8) is 0 Å². The number of benzene rings is 2. The molecule has 1 N–H and O–H groups in total. The molecule has 1 saturated heterocycles. The average molecular weight is 369 g/mol. The highest BCUT2D eigenvalue weighted by Gasteiger charge is 2.22. The van der Waals surface area contributed by atoms with Crippen molar-refractivity contribution in [2.45, 2.75) is 26.2 Å². The Morgan fingerprint density at radius 1 is 1.04 bits per heavy atom. The van der Waals surface area contributed by atoms with Crippen LogP contribution < -0.4 is 10.2 Å². The number of amides is 2. The van der Waals surface area contributed by atoms with Crippen LogP contribution in [0.2, 0.25) is 0 Å². The molecule has 5 heteroatoms. The minimum atomic E-state index is -0.218. The van der Waals surface area contributed by atoms with Crippen LogP contribution in [-0.4, -0.2) is 43.7 Å². The van der Waals surface area contributed by atoms with Crippen molar-refractivity contribution in [3.8, 4) is 0 Å². The van der Waals surface area contributed by atoms with Crippen molar-refractivity contribution < 1.29 is 9.18 Å². The summed E-state index contributed by atoms with van der Waals surface area (Å²) in [4.78, 5) is 16.6. The molecule has 0 aromatic heterocycles. The molecule has 0 atom stereocenters. The van der Waals surface area contributed by atoms with E-state index in [2.05, 4.69) is 48.3 Å². The average Bonchev–Trinajstić information content (AvgIpc) is 2.69. The summed E-state index contributed by atoms with van der Waals surface area (Å²) in [5, 5.41) is 2.91. The molecule has 0 saturated carbocycles. The highest BCUT2D eigenvalue weighted by atomic mass is 19.1. The summed E-state index contributed by atoms with van der Waals surface area (Å²) >= 11 is 0. The topological polar surface area (TPSA) is 35.6 Å². The largest absolute Gasteiger partial charge is 0.368 e. The first-order chi connectivity index (χ1) is 13.1. The highest BCUT2D eigenvalue weighted by Crippen LogP contribution is 2.28. The number of carbonyl (C=O) groups is 1. The molecule has 0 unspecified atom stereocenters. The Labute approximate surface area is 161 Å². The van der Waals surface area contributed by atoms with E-state index in [4.69, 9.17) is 0 Å². The van der Waals surface area contributed by atoms with Crippen LogP contribution in [0, 0.1) is 5.82 Å². The van der Waals surface area contributed by atoms with E-state index in [1.54, 1.807) is 12.1 Å². The van der Waals surface area contributed by atoms with Crippen LogP contribution >= 0.6 is 0 Å². The van der Waals surface area contributed by atoms with E-state index in [0.717, 1.165) is 13.1 Å². The molecule has 0 bridgehead atoms. The van der Waals surface area contributed by atoms with Crippen molar-refractivity contribution in [2.24, 2.45) is 0 Å². The van der Waals surface area contributed by atoms with E-state index in [-0.39, 0.29) is 11.8 Å². The summed E-state index contributed by atoms with van der Waals surface area (Å²) in [5.74, 6) is 0.255. The molecule has 3 rings (SSSR count). The normalized spacial score (nSPS) is 14.5. The van der Waals surface area contributed by atoms with Crippen LogP contribution in [0.1, 0.15) is 30.9 Å². The van der Waals surface area contributed by atoms with Gasteiger partial charge in [0.15, 0.2) is 0 Å². The lowest BCUT2D eigenvalue weighted by Crippen LogP contribution is -2.52. The summed E-state index contributed by atoms with van der Waals surface area (Å²) in [7, 11) is 0. The fourth-order valence-corrected chi connectivity index (χ4v) is 3.53. The Kier molecular flexibility index (Phi) is 6.32. The summed E-state index contributed by atoms with van der Waals surface area (Å²) in [6, 6.07) is 15.1. The number of hydrogen-bond acceptors (Lipinski definition) is 2. The molecule has 1 fully saturated rings. The van der Waals surface area contributed by atoms with Gasteiger partial charge < -0.3 is 15.1 Å². The van der Waals surface area contributed by atoms with Gasteiger partial charge in [-0.05, 0) is 35.6 Å². The lowest BCUT2D eigenvalue weighted by molar-refractivity contribution is 0.194. The van der Waals surface area contributed by atoms with Crippen LogP contribution in [0.4, 0.5) is 14.9 Å². The van der Waals surface area contributed by atoms with E-state index in [9.17, 15) is 9.18 Å². The molecular weight excluding hydrogens is 341 g/mol. The van der Waals surface area contributed by atoms with Crippen LogP contribution in [0.3, 0.4) is 0 Å². The van der Waals surface area contributed by atoms with Crippen LogP contribution in [-0.2, 0) is 6.42 Å². The fraction of sp³-hybridized carbons (Fsp3) is 0.409. The third-order valence-corrected chi connectivity index (χ3v) is 5.09. The predicted octanol–water partition coefficient (Wildman–Crippen LogP) is 4.02. The summed E-state index contributed by atoms with van der Waals surface area (Å²) in [6.07, 6.45) is 0.500. The predicted molar refractivity (Wildman–Crippen MR) is 108 cm³/mol. The number of rotatable bonds is 5. The van der Waals surface area contributed by atoms with Crippen molar-refractivity contribution in [1.29, 1.82) is 0 Å². The molecule has 0 aliphatic carbocycles. The molecule has 2 aromatic carbocycles. The lowest BCUT2D eigenvalue weighted by atomic mass is 10.00. The first-order valence-corrected chi connectivity index (χ1v) is 9.66. The standard InChI is InChI=1S/C22H28FN3O/c1-17(2)19-8-4-6-10-21(19)25-13-15-26(16-14-25)22(27)24-12-11-18-7-3-5-9-20(18)23/h3-10,17H,11-16H2,1-2H3,(H,24,27). The number of nitrogens with zero attached hydrogens (tertiary/aromatic N) is 2. The van der Waals surface area contributed by atoms with Gasteiger partial charge in [-0.25, -0.2) is 9.18 Å². The zero-order valence-corrected chi connectivity index (χ0v) is 16.1. The molecule has 0 spiro atoms. The SMILES string of the molecule is CC(C)c1ccccc1N1CCN(C(=O)NCCc2ccccc2F)CC1. The number of para-hydroxylation sites is 1. The van der Waals surface area contributed by atoms with E-state index in [1.807, 2.05) is 11.0 Å². The summed E-state index contributed by atoms with van der Waals surface area (Å²) in [5.41, 5.74) is 3.25. The summed E-state index contributed by atoms with van der Waals surface area (Å²) in [6.45, 7) is 7.89. The number of urea groups is 1. The van der Waals surface area contributed by atoms with Crippen LogP contribution in [0.5, 0.6) is 0 Å². The third-order valence-electron chi connectivity index (χ3n) is 5.09. The van der Waals surface area contributed by atoms with Gasteiger partial charge in [-0.1, -0.05) is 50.2 Å². The van der Waals surface area contributed by atoms with Gasteiger partial charge in [0, 0.05) is 38.4 Å². The Bertz CT molecular complexity index is 770. The van der Waals surface area contributed by atoms with Gasteiger partial charge in [-0.3, -0.25) is 0 Å². The van der Waals surface area contributed by atoms with Gasteiger partial charge in [-0.2, -0.15) is 0 Å². The van der Waals surface area contributed by atoms with Crippen LogP contribution in [0.25, 0.3) is 0 Å². The zero-order chi connectivity index (χ0) is 19.2. The van der Waals surface area contributed by atoms with Gasteiger partial charge in [0.1, 0.15) is 5.82 Å². The molecule has 27 heavy (non-hydrogen) atoms. The molecule has 1 heterocycles. The van der Waals surface area contributed by atoms with Gasteiger partial charge in [0.05, 0.1) is 0 Å². The van der Waals surface area contributed by atoms with E-state index in [1.165, 1.54) is 17.3 Å². The molecule has 2 amide bonds. The van der Waals surface area contributed by atoms with Gasteiger partial charge >= 0.3 is 6.03 Å². The maximum Gasteiger partial charge on any atom is 0.317 e. The second-order valence-electron chi connectivity index (χ2n) is 7.26. The van der Waals surface area contributed by atoms with Crippen molar-refractivity contribution >= 4 is 11.7 Å². The molecule has 1 aliphatic heterocycles. The lowest BCUT2D eigenvalue weighted by Gasteiger charge is -2.37. The molecule has 144 valence electrons. The zero-order valence-electron chi connectivity index (χ0n) is 16.1. The molecule has 0 radical (unpaired) electrons. The number of hydrogen-bond donors (Lipinski definition) is 1. The fourth-order valence-electron chi connectivity index (χ4n) is 3.53.